The molecule has 0 atom stereocenters. The van der Waals surface area contributed by atoms with E-state index in [1.165, 1.54) is 0 Å². The SMILES string of the molecule is N#Cc1ccc(NC2CCNCC2)nc1. The smallest absolute Gasteiger partial charge is 0.126 e. The number of nitriles is 1. The summed E-state index contributed by atoms with van der Waals surface area (Å²) in [5.41, 5.74) is 0.603. The molecule has 0 radical (unpaired) electrons. The first-order valence-electron chi connectivity index (χ1n) is 5.22. The molecule has 1 saturated heterocycles. The van der Waals surface area contributed by atoms with E-state index in [0.29, 0.717) is 11.6 Å². The molecule has 0 bridgehead atoms. The van der Waals surface area contributed by atoms with Crippen molar-refractivity contribution in [2.24, 2.45) is 0 Å². The fraction of sp³-hybridized carbons (Fsp3) is 0.455. The minimum atomic E-state index is 0.506. The summed E-state index contributed by atoms with van der Waals surface area (Å²) < 4.78 is 0. The number of rotatable bonds is 2. The second-order valence-electron chi connectivity index (χ2n) is 3.71. The number of anilines is 1. The van der Waals surface area contributed by atoms with E-state index in [1.54, 1.807) is 12.3 Å². The molecule has 4 heteroatoms. The maximum atomic E-state index is 8.63. The lowest BCUT2D eigenvalue weighted by atomic mass is 10.1. The summed E-state index contributed by atoms with van der Waals surface area (Å²) in [6.07, 6.45) is 3.85. The highest BCUT2D eigenvalue weighted by molar-refractivity contribution is 5.39. The number of aromatic nitrogens is 1. The molecule has 1 aromatic heterocycles. The number of piperidine rings is 1. The Balaban J connectivity index is 1.95. The minimum Gasteiger partial charge on any atom is -0.367 e. The van der Waals surface area contributed by atoms with Gasteiger partial charge in [0.2, 0.25) is 0 Å². The Morgan fingerprint density at radius 1 is 1.40 bits per heavy atom. The number of hydrogen-bond donors (Lipinski definition) is 2. The molecule has 0 spiro atoms. The molecule has 2 heterocycles. The Morgan fingerprint density at radius 3 is 2.80 bits per heavy atom. The third kappa shape index (κ3) is 2.67. The molecular weight excluding hydrogens is 188 g/mol. The van der Waals surface area contributed by atoms with Gasteiger partial charge in [-0.2, -0.15) is 5.26 Å². The monoisotopic (exact) mass is 202 g/mol. The summed E-state index contributed by atoms with van der Waals surface area (Å²) in [5.74, 6) is 0.862. The molecule has 0 saturated carbocycles. The van der Waals surface area contributed by atoms with E-state index >= 15 is 0 Å². The van der Waals surface area contributed by atoms with Crippen molar-refractivity contribution >= 4 is 5.82 Å². The van der Waals surface area contributed by atoms with Gasteiger partial charge in [-0.1, -0.05) is 0 Å². The summed E-state index contributed by atoms with van der Waals surface area (Å²) >= 11 is 0. The van der Waals surface area contributed by atoms with Crippen molar-refractivity contribution in [3.8, 4) is 6.07 Å². The van der Waals surface area contributed by atoms with Crippen LogP contribution in [0.25, 0.3) is 0 Å². The van der Waals surface area contributed by atoms with Gasteiger partial charge in [-0.15, -0.1) is 0 Å². The predicted octanol–water partition coefficient (Wildman–Crippen LogP) is 1.12. The summed E-state index contributed by atoms with van der Waals surface area (Å²) in [6, 6.07) is 6.21. The van der Waals surface area contributed by atoms with Crippen LogP contribution in [0.15, 0.2) is 18.3 Å². The lowest BCUT2D eigenvalue weighted by Gasteiger charge is -2.24. The molecule has 1 aliphatic heterocycles. The van der Waals surface area contributed by atoms with Gasteiger partial charge in [0.25, 0.3) is 0 Å². The van der Waals surface area contributed by atoms with Crippen molar-refractivity contribution in [1.29, 1.82) is 5.26 Å². The third-order valence-electron chi connectivity index (χ3n) is 2.58. The predicted molar refractivity (Wildman–Crippen MR) is 58.5 cm³/mol. The quantitative estimate of drug-likeness (QED) is 0.754. The summed E-state index contributed by atoms with van der Waals surface area (Å²) in [7, 11) is 0. The van der Waals surface area contributed by atoms with E-state index in [9.17, 15) is 0 Å². The minimum absolute atomic E-state index is 0.506. The molecule has 78 valence electrons. The van der Waals surface area contributed by atoms with E-state index in [4.69, 9.17) is 5.26 Å². The maximum Gasteiger partial charge on any atom is 0.126 e. The molecule has 1 fully saturated rings. The Bertz CT molecular complexity index is 346. The topological polar surface area (TPSA) is 60.7 Å². The van der Waals surface area contributed by atoms with Gasteiger partial charge in [0.15, 0.2) is 0 Å². The van der Waals surface area contributed by atoms with Crippen molar-refractivity contribution in [1.82, 2.24) is 10.3 Å². The lowest BCUT2D eigenvalue weighted by Crippen LogP contribution is -2.35. The first-order valence-corrected chi connectivity index (χ1v) is 5.22. The van der Waals surface area contributed by atoms with E-state index < -0.39 is 0 Å². The zero-order chi connectivity index (χ0) is 10.5. The van der Waals surface area contributed by atoms with E-state index in [-0.39, 0.29) is 0 Å². The van der Waals surface area contributed by atoms with Crippen LogP contribution in [0.3, 0.4) is 0 Å². The van der Waals surface area contributed by atoms with Gasteiger partial charge in [0, 0.05) is 12.2 Å². The molecule has 15 heavy (non-hydrogen) atoms. The molecule has 0 aromatic carbocycles. The standard InChI is InChI=1S/C11H14N4/c12-7-9-1-2-11(14-8-9)15-10-3-5-13-6-4-10/h1-2,8,10,13H,3-6H2,(H,14,15). The third-order valence-corrected chi connectivity index (χ3v) is 2.58. The molecule has 1 aliphatic rings. The van der Waals surface area contributed by atoms with Crippen LogP contribution in [0, 0.1) is 11.3 Å². The maximum absolute atomic E-state index is 8.63. The van der Waals surface area contributed by atoms with Gasteiger partial charge < -0.3 is 10.6 Å². The van der Waals surface area contributed by atoms with E-state index in [2.05, 4.69) is 21.7 Å². The van der Waals surface area contributed by atoms with Gasteiger partial charge in [-0.25, -0.2) is 4.98 Å². The Morgan fingerprint density at radius 2 is 2.20 bits per heavy atom. The van der Waals surface area contributed by atoms with Crippen LogP contribution in [0.1, 0.15) is 18.4 Å². The molecule has 4 nitrogen and oxygen atoms in total. The highest BCUT2D eigenvalue weighted by Gasteiger charge is 2.12. The highest BCUT2D eigenvalue weighted by atomic mass is 15.0. The molecule has 2 N–H and O–H groups in total. The first kappa shape index (κ1) is 9.94. The summed E-state index contributed by atoms with van der Waals surface area (Å²) in [4.78, 5) is 4.19. The van der Waals surface area contributed by atoms with Gasteiger partial charge in [0.1, 0.15) is 11.9 Å². The van der Waals surface area contributed by atoms with Crippen LogP contribution in [0.2, 0.25) is 0 Å². The Hall–Kier alpha value is -1.60. The van der Waals surface area contributed by atoms with Crippen molar-refractivity contribution in [2.45, 2.75) is 18.9 Å². The van der Waals surface area contributed by atoms with Gasteiger partial charge >= 0.3 is 0 Å². The van der Waals surface area contributed by atoms with E-state index in [1.807, 2.05) is 6.07 Å². The molecular formula is C11H14N4. The fourth-order valence-electron chi connectivity index (χ4n) is 1.72. The van der Waals surface area contributed by atoms with Crippen molar-refractivity contribution in [3.05, 3.63) is 23.9 Å². The molecule has 0 unspecified atom stereocenters. The van der Waals surface area contributed by atoms with Gasteiger partial charge in [0.05, 0.1) is 5.56 Å². The Kier molecular flexibility index (Phi) is 3.15. The number of hydrogen-bond acceptors (Lipinski definition) is 4. The second kappa shape index (κ2) is 4.76. The average molecular weight is 202 g/mol. The Labute approximate surface area is 89.3 Å². The highest BCUT2D eigenvalue weighted by Crippen LogP contribution is 2.11. The number of nitrogens with one attached hydrogen (secondary N) is 2. The molecule has 0 amide bonds. The van der Waals surface area contributed by atoms with Crippen molar-refractivity contribution < 1.29 is 0 Å². The van der Waals surface area contributed by atoms with Crippen LogP contribution >= 0.6 is 0 Å². The van der Waals surface area contributed by atoms with E-state index in [0.717, 1.165) is 31.7 Å². The summed E-state index contributed by atoms with van der Waals surface area (Å²) in [6.45, 7) is 2.13. The zero-order valence-corrected chi connectivity index (χ0v) is 8.53. The number of pyridine rings is 1. The van der Waals surface area contributed by atoms with Crippen LogP contribution in [0.5, 0.6) is 0 Å². The van der Waals surface area contributed by atoms with Crippen LogP contribution < -0.4 is 10.6 Å². The van der Waals surface area contributed by atoms with Gasteiger partial charge in [-0.05, 0) is 38.1 Å². The second-order valence-corrected chi connectivity index (χ2v) is 3.71. The van der Waals surface area contributed by atoms with Crippen LogP contribution in [-0.4, -0.2) is 24.1 Å². The fourth-order valence-corrected chi connectivity index (χ4v) is 1.72. The molecule has 2 rings (SSSR count). The largest absolute Gasteiger partial charge is 0.367 e. The lowest BCUT2D eigenvalue weighted by molar-refractivity contribution is 0.478. The van der Waals surface area contributed by atoms with Crippen molar-refractivity contribution in [3.63, 3.8) is 0 Å². The number of nitrogens with zero attached hydrogens (tertiary/aromatic N) is 2. The molecule has 1 aromatic rings. The molecule has 0 aliphatic carbocycles. The van der Waals surface area contributed by atoms with Crippen LogP contribution in [-0.2, 0) is 0 Å². The first-order chi connectivity index (χ1) is 7.38. The van der Waals surface area contributed by atoms with Gasteiger partial charge in [-0.3, -0.25) is 0 Å². The zero-order valence-electron chi connectivity index (χ0n) is 8.53. The van der Waals surface area contributed by atoms with Crippen molar-refractivity contribution in [2.75, 3.05) is 18.4 Å². The normalized spacial score (nSPS) is 17.0. The van der Waals surface area contributed by atoms with Crippen LogP contribution in [0.4, 0.5) is 5.82 Å². The summed E-state index contributed by atoms with van der Waals surface area (Å²) in [5, 5.41) is 15.3. The average Bonchev–Trinajstić information content (AvgIpc) is 2.31.